The fourth-order valence-electron chi connectivity index (χ4n) is 2.90. The third-order valence-electron chi connectivity index (χ3n) is 4.56. The molecule has 1 aliphatic heterocycles. The van der Waals surface area contributed by atoms with E-state index in [1.54, 1.807) is 6.20 Å². The first-order chi connectivity index (χ1) is 11.7. The van der Waals surface area contributed by atoms with E-state index in [0.29, 0.717) is 11.8 Å². The Balaban J connectivity index is 1.26. The van der Waals surface area contributed by atoms with Crippen LogP contribution in [0.2, 0.25) is 0 Å². The molecular weight excluding hydrogens is 302 g/mol. The van der Waals surface area contributed by atoms with E-state index in [2.05, 4.69) is 42.5 Å². The van der Waals surface area contributed by atoms with Crippen molar-refractivity contribution < 1.29 is 0 Å². The summed E-state index contributed by atoms with van der Waals surface area (Å²) < 4.78 is 0. The molecule has 0 aromatic carbocycles. The molecule has 0 spiro atoms. The van der Waals surface area contributed by atoms with Crippen molar-refractivity contribution in [2.24, 2.45) is 5.92 Å². The molecule has 2 fully saturated rings. The summed E-state index contributed by atoms with van der Waals surface area (Å²) in [4.78, 5) is 12.9. The summed E-state index contributed by atoms with van der Waals surface area (Å²) in [7, 11) is 3.89. The average molecular weight is 325 g/mol. The zero-order chi connectivity index (χ0) is 16.5. The van der Waals surface area contributed by atoms with Crippen LogP contribution in [-0.2, 0) is 0 Å². The van der Waals surface area contributed by atoms with E-state index in [1.807, 2.05) is 25.1 Å². The standard InChI is InChI=1S/C17H23N7/c1-23(2)17-18-8-7-15(20-17)19-9-12-10-24(11-12)16-6-5-14(21-22-16)13-3-4-13/h5-8,12-13H,3-4,9-11H2,1-2H3,(H,18,19,20). The second kappa shape index (κ2) is 6.22. The van der Waals surface area contributed by atoms with E-state index in [4.69, 9.17) is 0 Å². The third kappa shape index (κ3) is 3.25. The smallest absolute Gasteiger partial charge is 0.226 e. The number of aromatic nitrogens is 4. The van der Waals surface area contributed by atoms with Gasteiger partial charge in [-0.3, -0.25) is 0 Å². The van der Waals surface area contributed by atoms with Crippen molar-refractivity contribution in [3.63, 3.8) is 0 Å². The van der Waals surface area contributed by atoms with Crippen LogP contribution in [0.1, 0.15) is 24.5 Å². The normalized spacial score (nSPS) is 17.5. The molecule has 0 bridgehead atoms. The minimum Gasteiger partial charge on any atom is -0.369 e. The number of nitrogens with one attached hydrogen (secondary N) is 1. The highest BCUT2D eigenvalue weighted by Gasteiger charge is 2.29. The predicted octanol–water partition coefficient (Wildman–Crippen LogP) is 1.76. The molecule has 1 N–H and O–H groups in total. The molecule has 0 atom stereocenters. The number of rotatable bonds is 6. The van der Waals surface area contributed by atoms with Gasteiger partial charge in [-0.15, -0.1) is 5.10 Å². The second-order valence-corrected chi connectivity index (χ2v) is 6.88. The molecule has 1 aliphatic carbocycles. The number of hydrogen-bond donors (Lipinski definition) is 1. The predicted molar refractivity (Wildman–Crippen MR) is 94.6 cm³/mol. The average Bonchev–Trinajstić information content (AvgIpc) is 3.39. The molecule has 3 heterocycles. The van der Waals surface area contributed by atoms with Crippen LogP contribution in [0, 0.1) is 5.92 Å². The lowest BCUT2D eigenvalue weighted by Crippen LogP contribution is -2.50. The van der Waals surface area contributed by atoms with Crippen molar-refractivity contribution in [1.29, 1.82) is 0 Å². The Morgan fingerprint density at radius 2 is 2.00 bits per heavy atom. The maximum atomic E-state index is 4.48. The van der Waals surface area contributed by atoms with Crippen LogP contribution in [-0.4, -0.2) is 53.9 Å². The van der Waals surface area contributed by atoms with E-state index in [9.17, 15) is 0 Å². The van der Waals surface area contributed by atoms with E-state index in [-0.39, 0.29) is 0 Å². The van der Waals surface area contributed by atoms with Crippen LogP contribution in [0.15, 0.2) is 24.4 Å². The van der Waals surface area contributed by atoms with Crippen molar-refractivity contribution in [2.45, 2.75) is 18.8 Å². The quantitative estimate of drug-likeness (QED) is 0.867. The van der Waals surface area contributed by atoms with Gasteiger partial charge in [0.05, 0.1) is 5.69 Å². The highest BCUT2D eigenvalue weighted by molar-refractivity contribution is 5.43. The number of anilines is 3. The molecule has 0 amide bonds. The highest BCUT2D eigenvalue weighted by Crippen LogP contribution is 2.38. The zero-order valence-corrected chi connectivity index (χ0v) is 14.2. The van der Waals surface area contributed by atoms with Crippen LogP contribution in [0.3, 0.4) is 0 Å². The molecule has 0 radical (unpaired) electrons. The fourth-order valence-corrected chi connectivity index (χ4v) is 2.90. The summed E-state index contributed by atoms with van der Waals surface area (Å²) in [6.07, 6.45) is 4.32. The Kier molecular flexibility index (Phi) is 3.92. The summed E-state index contributed by atoms with van der Waals surface area (Å²) in [5.41, 5.74) is 1.15. The van der Waals surface area contributed by atoms with Gasteiger partial charge in [0.1, 0.15) is 5.82 Å². The first-order valence-corrected chi connectivity index (χ1v) is 8.52. The van der Waals surface area contributed by atoms with E-state index < -0.39 is 0 Å². The van der Waals surface area contributed by atoms with Crippen molar-refractivity contribution in [2.75, 3.05) is 48.8 Å². The lowest BCUT2D eigenvalue weighted by atomic mass is 10.0. The van der Waals surface area contributed by atoms with Gasteiger partial charge in [-0.25, -0.2) is 4.98 Å². The summed E-state index contributed by atoms with van der Waals surface area (Å²) in [6, 6.07) is 6.15. The maximum absolute atomic E-state index is 4.48. The summed E-state index contributed by atoms with van der Waals surface area (Å²) in [5.74, 6) is 3.86. The molecule has 4 rings (SSSR count). The molecule has 1 saturated carbocycles. The van der Waals surface area contributed by atoms with E-state index in [0.717, 1.165) is 42.9 Å². The molecule has 1 saturated heterocycles. The molecule has 7 nitrogen and oxygen atoms in total. The maximum Gasteiger partial charge on any atom is 0.226 e. The minimum absolute atomic E-state index is 0.604. The third-order valence-corrected chi connectivity index (χ3v) is 4.56. The summed E-state index contributed by atoms with van der Waals surface area (Å²) >= 11 is 0. The van der Waals surface area contributed by atoms with Gasteiger partial charge in [0.25, 0.3) is 0 Å². The Morgan fingerprint density at radius 3 is 2.67 bits per heavy atom. The molecule has 126 valence electrons. The van der Waals surface area contributed by atoms with Gasteiger partial charge in [0.2, 0.25) is 5.95 Å². The molecule has 2 aromatic rings. The molecule has 24 heavy (non-hydrogen) atoms. The van der Waals surface area contributed by atoms with Crippen LogP contribution < -0.4 is 15.1 Å². The SMILES string of the molecule is CN(C)c1nccc(NCC2CN(c3ccc(C4CC4)nn3)C2)n1. The van der Waals surface area contributed by atoms with Gasteiger partial charge in [-0.05, 0) is 31.0 Å². The van der Waals surface area contributed by atoms with Gasteiger partial charge >= 0.3 is 0 Å². The fraction of sp³-hybridized carbons (Fsp3) is 0.529. The van der Waals surface area contributed by atoms with Crippen molar-refractivity contribution in [1.82, 2.24) is 20.2 Å². The van der Waals surface area contributed by atoms with Crippen molar-refractivity contribution >= 4 is 17.6 Å². The molecule has 0 unspecified atom stereocenters. The van der Waals surface area contributed by atoms with Crippen molar-refractivity contribution in [3.05, 3.63) is 30.1 Å². The largest absolute Gasteiger partial charge is 0.369 e. The van der Waals surface area contributed by atoms with Crippen molar-refractivity contribution in [3.8, 4) is 0 Å². The second-order valence-electron chi connectivity index (χ2n) is 6.88. The van der Waals surface area contributed by atoms with Gasteiger partial charge in [-0.2, -0.15) is 10.1 Å². The van der Waals surface area contributed by atoms with Crippen LogP contribution in [0.4, 0.5) is 17.6 Å². The van der Waals surface area contributed by atoms with Crippen LogP contribution >= 0.6 is 0 Å². The molecule has 2 aliphatic rings. The lowest BCUT2D eigenvalue weighted by molar-refractivity contribution is 0.425. The Labute approximate surface area is 142 Å². The minimum atomic E-state index is 0.604. The number of nitrogens with zero attached hydrogens (tertiary/aromatic N) is 6. The topological polar surface area (TPSA) is 70.1 Å². The Hall–Kier alpha value is -2.44. The highest BCUT2D eigenvalue weighted by atomic mass is 15.3. The first-order valence-electron chi connectivity index (χ1n) is 8.52. The zero-order valence-electron chi connectivity index (χ0n) is 14.2. The monoisotopic (exact) mass is 325 g/mol. The van der Waals surface area contributed by atoms with Gasteiger partial charge in [0.15, 0.2) is 5.82 Å². The Morgan fingerprint density at radius 1 is 1.17 bits per heavy atom. The first kappa shape index (κ1) is 15.1. The Bertz CT molecular complexity index is 690. The van der Waals surface area contributed by atoms with Crippen LogP contribution in [0.25, 0.3) is 0 Å². The van der Waals surface area contributed by atoms with Crippen LogP contribution in [0.5, 0.6) is 0 Å². The molecule has 7 heteroatoms. The van der Waals surface area contributed by atoms with E-state index >= 15 is 0 Å². The van der Waals surface area contributed by atoms with Gasteiger partial charge < -0.3 is 15.1 Å². The summed E-state index contributed by atoms with van der Waals surface area (Å²) in [5, 5.41) is 12.1. The van der Waals surface area contributed by atoms with Gasteiger partial charge in [-0.1, -0.05) is 0 Å². The number of hydrogen-bond acceptors (Lipinski definition) is 7. The molecular formula is C17H23N7. The van der Waals surface area contributed by atoms with E-state index in [1.165, 1.54) is 12.8 Å². The summed E-state index contributed by atoms with van der Waals surface area (Å²) in [6.45, 7) is 2.93. The lowest BCUT2D eigenvalue weighted by Gasteiger charge is -2.40. The van der Waals surface area contributed by atoms with Gasteiger partial charge in [0, 0.05) is 51.8 Å². The molecule has 2 aromatic heterocycles.